The second kappa shape index (κ2) is 10.8. The summed E-state index contributed by atoms with van der Waals surface area (Å²) in [5, 5.41) is 19.2. The maximum absolute atomic E-state index is 13.3. The fourth-order valence-electron chi connectivity index (χ4n) is 4.85. The third kappa shape index (κ3) is 5.04. The van der Waals surface area contributed by atoms with Crippen LogP contribution in [0.1, 0.15) is 18.9 Å². The summed E-state index contributed by atoms with van der Waals surface area (Å²) < 4.78 is 6.98. The molecule has 12 heteroatoms. The molecule has 0 spiro atoms. The summed E-state index contributed by atoms with van der Waals surface area (Å²) in [6.45, 7) is 7.70. The number of likely N-dealkylation sites (N-methyl/N-ethyl adjacent to an activating group) is 1. The van der Waals surface area contributed by atoms with Gasteiger partial charge in [0.2, 0.25) is 11.9 Å². The molecule has 1 aromatic carbocycles. The quantitative estimate of drug-likeness (QED) is 0.322. The highest BCUT2D eigenvalue weighted by Gasteiger charge is 2.27. The number of ether oxygens (including phenoxy) is 1. The summed E-state index contributed by atoms with van der Waals surface area (Å²) in [5.41, 5.74) is 4.35. The molecular formula is C26H34N10O2. The second-order valence-electron chi connectivity index (χ2n) is 9.63. The van der Waals surface area contributed by atoms with E-state index < -0.39 is 0 Å². The van der Waals surface area contributed by atoms with Crippen molar-refractivity contribution in [2.45, 2.75) is 26.3 Å². The zero-order valence-electron chi connectivity index (χ0n) is 22.4. The Bertz CT molecular complexity index is 1440. The Hall–Kier alpha value is -4.03. The predicted octanol–water partition coefficient (Wildman–Crippen LogP) is 2.78. The van der Waals surface area contributed by atoms with Crippen molar-refractivity contribution in [3.63, 3.8) is 0 Å². The fraction of sp³-hybridized carbons (Fsp3) is 0.423. The summed E-state index contributed by atoms with van der Waals surface area (Å²) in [6, 6.07) is 5.61. The van der Waals surface area contributed by atoms with Gasteiger partial charge in [-0.05, 0) is 32.0 Å². The van der Waals surface area contributed by atoms with Crippen LogP contribution in [0.15, 0.2) is 30.6 Å². The van der Waals surface area contributed by atoms with E-state index in [0.717, 1.165) is 49.1 Å². The molecule has 200 valence electrons. The van der Waals surface area contributed by atoms with Crippen LogP contribution in [0, 0.1) is 6.92 Å². The van der Waals surface area contributed by atoms with Gasteiger partial charge in [-0.25, -0.2) is 9.97 Å². The topological polar surface area (TPSA) is 129 Å². The lowest BCUT2D eigenvalue weighted by molar-refractivity contribution is -0.122. The van der Waals surface area contributed by atoms with E-state index in [1.165, 1.54) is 0 Å². The van der Waals surface area contributed by atoms with Crippen LogP contribution in [0.4, 0.5) is 17.3 Å². The molecule has 1 saturated heterocycles. The first-order chi connectivity index (χ1) is 18.4. The van der Waals surface area contributed by atoms with Gasteiger partial charge in [-0.2, -0.15) is 5.10 Å². The number of carbonyl (C=O) groups excluding carboxylic acids is 1. The van der Waals surface area contributed by atoms with Crippen molar-refractivity contribution < 1.29 is 9.53 Å². The van der Waals surface area contributed by atoms with E-state index in [1.807, 2.05) is 32.2 Å². The van der Waals surface area contributed by atoms with E-state index in [9.17, 15) is 4.79 Å². The number of anilines is 3. The predicted molar refractivity (Wildman–Crippen MR) is 147 cm³/mol. The smallest absolute Gasteiger partial charge is 0.256 e. The van der Waals surface area contributed by atoms with Crippen LogP contribution in [-0.4, -0.2) is 92.0 Å². The summed E-state index contributed by atoms with van der Waals surface area (Å²) in [6.07, 6.45) is 4.30. The van der Waals surface area contributed by atoms with Crippen LogP contribution in [0.5, 0.6) is 5.88 Å². The molecule has 4 aromatic rings. The Morgan fingerprint density at radius 3 is 2.68 bits per heavy atom. The zero-order valence-corrected chi connectivity index (χ0v) is 22.4. The summed E-state index contributed by atoms with van der Waals surface area (Å²) in [5.74, 6) is 0.845. The average molecular weight is 519 g/mol. The fourth-order valence-corrected chi connectivity index (χ4v) is 4.85. The van der Waals surface area contributed by atoms with Crippen molar-refractivity contribution in [3.8, 4) is 17.3 Å². The van der Waals surface area contributed by atoms with Crippen molar-refractivity contribution in [1.82, 2.24) is 39.7 Å². The van der Waals surface area contributed by atoms with Crippen molar-refractivity contribution >= 4 is 34.1 Å². The number of hydrogen-bond acceptors (Lipinski definition) is 9. The molecule has 1 amide bonds. The van der Waals surface area contributed by atoms with Crippen molar-refractivity contribution in [2.75, 3.05) is 51.0 Å². The van der Waals surface area contributed by atoms with Gasteiger partial charge in [0.05, 0.1) is 36.2 Å². The largest absolute Gasteiger partial charge is 0.478 e. The minimum absolute atomic E-state index is 0.00387. The third-order valence-electron chi connectivity index (χ3n) is 6.96. The van der Waals surface area contributed by atoms with Crippen LogP contribution in [-0.2, 0) is 11.8 Å². The maximum atomic E-state index is 13.3. The van der Waals surface area contributed by atoms with E-state index >= 15 is 0 Å². The van der Waals surface area contributed by atoms with Crippen LogP contribution in [0.25, 0.3) is 22.3 Å². The Morgan fingerprint density at radius 1 is 1.16 bits per heavy atom. The van der Waals surface area contributed by atoms with Gasteiger partial charge >= 0.3 is 0 Å². The van der Waals surface area contributed by atoms with Crippen LogP contribution in [0.2, 0.25) is 0 Å². The summed E-state index contributed by atoms with van der Waals surface area (Å²) >= 11 is 0. The number of para-hydroxylation sites is 1. The molecule has 4 heterocycles. The molecule has 1 atom stereocenters. The van der Waals surface area contributed by atoms with Crippen LogP contribution >= 0.6 is 0 Å². The molecule has 1 aliphatic rings. The lowest BCUT2D eigenvalue weighted by atomic mass is 10.1. The summed E-state index contributed by atoms with van der Waals surface area (Å²) in [4.78, 5) is 27.1. The van der Waals surface area contributed by atoms with Gasteiger partial charge in [0, 0.05) is 44.8 Å². The molecule has 0 radical (unpaired) electrons. The molecular weight excluding hydrogens is 484 g/mol. The van der Waals surface area contributed by atoms with Gasteiger partial charge in [0.15, 0.2) is 0 Å². The minimum Gasteiger partial charge on any atom is -0.478 e. The number of H-pyrrole nitrogens is 1. The Kier molecular flexibility index (Phi) is 7.25. The molecule has 0 saturated carbocycles. The number of piperazine rings is 1. The summed E-state index contributed by atoms with van der Waals surface area (Å²) in [7, 11) is 5.49. The van der Waals surface area contributed by atoms with E-state index in [-0.39, 0.29) is 11.9 Å². The van der Waals surface area contributed by atoms with Gasteiger partial charge in [-0.15, -0.1) is 5.10 Å². The number of rotatable bonds is 8. The average Bonchev–Trinajstić information content (AvgIpc) is 3.50. The van der Waals surface area contributed by atoms with Gasteiger partial charge in [0.25, 0.3) is 5.88 Å². The van der Waals surface area contributed by atoms with Crippen LogP contribution < -0.4 is 15.4 Å². The molecule has 0 aliphatic carbocycles. The number of nitrogens with zero attached hydrogens (tertiary/aromatic N) is 7. The first-order valence-corrected chi connectivity index (χ1v) is 12.8. The number of fused-ring (bicyclic) bond motifs is 1. The number of aromatic nitrogens is 6. The van der Waals surface area contributed by atoms with Gasteiger partial charge in [-0.1, -0.05) is 19.1 Å². The lowest BCUT2D eigenvalue weighted by Gasteiger charge is -2.36. The van der Waals surface area contributed by atoms with Crippen molar-refractivity contribution in [3.05, 3.63) is 36.2 Å². The first-order valence-electron chi connectivity index (χ1n) is 12.8. The van der Waals surface area contributed by atoms with Gasteiger partial charge in [0.1, 0.15) is 11.4 Å². The highest BCUT2D eigenvalue weighted by Crippen LogP contribution is 2.32. The Morgan fingerprint density at radius 2 is 1.95 bits per heavy atom. The number of aryl methyl sites for hydroxylation is 2. The van der Waals surface area contributed by atoms with Crippen LogP contribution in [0.3, 0.4) is 0 Å². The number of hydrogen-bond donors (Lipinski definition) is 3. The molecule has 12 nitrogen and oxygen atoms in total. The molecule has 0 bridgehead atoms. The number of methoxy groups -OCH3 is 1. The number of aromatic amines is 1. The highest BCUT2D eigenvalue weighted by molar-refractivity contribution is 6.05. The number of benzene rings is 1. The monoisotopic (exact) mass is 518 g/mol. The highest BCUT2D eigenvalue weighted by atomic mass is 16.5. The molecule has 1 unspecified atom stereocenters. The second-order valence-corrected chi connectivity index (χ2v) is 9.63. The van der Waals surface area contributed by atoms with Gasteiger partial charge < -0.3 is 20.3 Å². The SMILES string of the molecule is CCC(C(=O)Nc1cccc2c(-c3nc(Nc4cn(C)nc4OC)ncc3C)n[nH]c12)N1CCN(C)CC1. The van der Waals surface area contributed by atoms with Gasteiger partial charge in [-0.3, -0.25) is 19.5 Å². The lowest BCUT2D eigenvalue weighted by Crippen LogP contribution is -2.52. The molecule has 38 heavy (non-hydrogen) atoms. The van der Waals surface area contributed by atoms with E-state index in [2.05, 4.69) is 54.7 Å². The number of nitrogens with one attached hydrogen (secondary N) is 3. The number of carbonyl (C=O) groups is 1. The first kappa shape index (κ1) is 25.6. The van der Waals surface area contributed by atoms with Crippen molar-refractivity contribution in [1.29, 1.82) is 0 Å². The van der Waals surface area contributed by atoms with E-state index in [1.54, 1.807) is 24.2 Å². The van der Waals surface area contributed by atoms with Crippen molar-refractivity contribution in [2.24, 2.45) is 7.05 Å². The molecule has 1 fully saturated rings. The maximum Gasteiger partial charge on any atom is 0.256 e. The molecule has 3 aromatic heterocycles. The molecule has 3 N–H and O–H groups in total. The third-order valence-corrected chi connectivity index (χ3v) is 6.96. The standard InChI is InChI=1S/C26H34N10O2/c1-6-20(36-12-10-34(3)11-13-36)24(37)28-18-9-7-8-17-22(18)31-32-23(17)21-16(2)14-27-26(30-21)29-19-15-35(4)33-25(19)38-5/h7-9,14-15,20H,6,10-13H2,1-5H3,(H,28,37)(H,31,32)(H,27,29,30). The number of amides is 1. The normalized spacial score (nSPS) is 15.5. The Balaban J connectivity index is 1.41. The zero-order chi connectivity index (χ0) is 26.8. The Labute approximate surface area is 221 Å². The van der Waals surface area contributed by atoms with E-state index in [4.69, 9.17) is 9.72 Å². The minimum atomic E-state index is -0.177. The van der Waals surface area contributed by atoms with E-state index in [0.29, 0.717) is 34.6 Å². The molecule has 1 aliphatic heterocycles. The molecule has 5 rings (SSSR count).